The van der Waals surface area contributed by atoms with Crippen molar-refractivity contribution in [3.8, 4) is 18.4 Å². The molecule has 1 aliphatic heterocycles. The summed E-state index contributed by atoms with van der Waals surface area (Å²) >= 11 is 3.30. The van der Waals surface area contributed by atoms with Crippen LogP contribution in [-0.4, -0.2) is 12.5 Å². The summed E-state index contributed by atoms with van der Waals surface area (Å²) in [4.78, 5) is 13.4. The molecule has 1 heterocycles. The van der Waals surface area contributed by atoms with Crippen molar-refractivity contribution >= 4 is 27.5 Å². The van der Waals surface area contributed by atoms with Gasteiger partial charge in [-0.1, -0.05) is 15.9 Å². The third-order valence-electron chi connectivity index (χ3n) is 2.73. The fourth-order valence-electron chi connectivity index (χ4n) is 1.89. The molecule has 1 unspecified atom stereocenters. The molecule has 1 amide bonds. The molecule has 1 atom stereocenters. The number of hydrogen-bond donors (Lipinski definition) is 0. The number of benzene rings is 1. The lowest BCUT2D eigenvalue weighted by atomic mass is 10.1. The molecule has 1 aromatic rings. The topological polar surface area (TPSA) is 44.1 Å². The first-order valence-corrected chi connectivity index (χ1v) is 5.91. The quantitative estimate of drug-likeness (QED) is 0.745. The zero-order valence-corrected chi connectivity index (χ0v) is 10.6. The number of carbonyl (C=O) groups excluding carboxylic acids is 1. The van der Waals surface area contributed by atoms with E-state index in [0.29, 0.717) is 24.2 Å². The molecule has 0 bridgehead atoms. The van der Waals surface area contributed by atoms with Gasteiger partial charge in [0.25, 0.3) is 0 Å². The molecule has 84 valence electrons. The molecule has 0 saturated carbocycles. The van der Waals surface area contributed by atoms with E-state index in [1.54, 1.807) is 17.0 Å². The first-order chi connectivity index (χ1) is 8.15. The molecule has 0 spiro atoms. The van der Waals surface area contributed by atoms with E-state index in [1.165, 1.54) is 0 Å². The lowest BCUT2D eigenvalue weighted by molar-refractivity contribution is -0.117. The van der Waals surface area contributed by atoms with Gasteiger partial charge in [-0.2, -0.15) is 5.26 Å². The van der Waals surface area contributed by atoms with Gasteiger partial charge in [0, 0.05) is 23.4 Å². The largest absolute Gasteiger partial charge is 0.310 e. The van der Waals surface area contributed by atoms with Crippen LogP contribution in [0.2, 0.25) is 0 Å². The summed E-state index contributed by atoms with van der Waals surface area (Å²) in [7, 11) is 0. The molecule has 1 aliphatic rings. The third-order valence-corrected chi connectivity index (χ3v) is 3.22. The highest BCUT2D eigenvalue weighted by atomic mass is 79.9. The molecule has 1 saturated heterocycles. The van der Waals surface area contributed by atoms with Crippen LogP contribution in [0.1, 0.15) is 12.0 Å². The van der Waals surface area contributed by atoms with Gasteiger partial charge in [0.1, 0.15) is 6.07 Å². The lowest BCUT2D eigenvalue weighted by Gasteiger charge is -2.17. The summed E-state index contributed by atoms with van der Waals surface area (Å²) in [5, 5.41) is 9.06. The molecular weight excluding hydrogens is 280 g/mol. The summed E-state index contributed by atoms with van der Waals surface area (Å²) in [6.07, 6.45) is 5.69. The van der Waals surface area contributed by atoms with Gasteiger partial charge in [-0.25, -0.2) is 0 Å². The Kier molecular flexibility index (Phi) is 3.17. The van der Waals surface area contributed by atoms with E-state index in [-0.39, 0.29) is 11.8 Å². The molecule has 0 aromatic heterocycles. The van der Waals surface area contributed by atoms with Crippen LogP contribution < -0.4 is 4.90 Å². The number of hydrogen-bond acceptors (Lipinski definition) is 2. The maximum absolute atomic E-state index is 11.8. The van der Waals surface area contributed by atoms with E-state index in [4.69, 9.17) is 11.7 Å². The van der Waals surface area contributed by atoms with Crippen LogP contribution in [0.5, 0.6) is 0 Å². The summed E-state index contributed by atoms with van der Waals surface area (Å²) in [5.74, 6) is 2.51. The molecule has 17 heavy (non-hydrogen) atoms. The second-order valence-corrected chi connectivity index (χ2v) is 4.76. The maximum Gasteiger partial charge on any atom is 0.228 e. The van der Waals surface area contributed by atoms with Crippen molar-refractivity contribution in [1.29, 1.82) is 5.26 Å². The number of nitrogens with zero attached hydrogens (tertiary/aromatic N) is 2. The Labute approximate surface area is 108 Å². The van der Waals surface area contributed by atoms with Crippen molar-refractivity contribution in [2.24, 2.45) is 5.92 Å². The molecule has 3 nitrogen and oxygen atoms in total. The van der Waals surface area contributed by atoms with E-state index in [0.717, 1.165) is 4.47 Å². The Morgan fingerprint density at radius 1 is 1.53 bits per heavy atom. The van der Waals surface area contributed by atoms with E-state index in [9.17, 15) is 4.79 Å². The minimum atomic E-state index is -0.0577. The van der Waals surface area contributed by atoms with Gasteiger partial charge in [-0.15, -0.1) is 12.3 Å². The first kappa shape index (κ1) is 11.7. The third kappa shape index (κ3) is 2.18. The highest BCUT2D eigenvalue weighted by Crippen LogP contribution is 2.29. The average molecular weight is 289 g/mol. The summed E-state index contributed by atoms with van der Waals surface area (Å²) in [6, 6.07) is 7.37. The fraction of sp³-hybridized carbons (Fsp3) is 0.231. The van der Waals surface area contributed by atoms with Crippen LogP contribution in [-0.2, 0) is 4.79 Å². The molecule has 1 fully saturated rings. The molecular formula is C13H9BrN2O. The van der Waals surface area contributed by atoms with Crippen molar-refractivity contribution in [3.05, 3.63) is 28.2 Å². The van der Waals surface area contributed by atoms with Gasteiger partial charge >= 0.3 is 0 Å². The maximum atomic E-state index is 11.8. The Hall–Kier alpha value is -1.78. The second kappa shape index (κ2) is 4.61. The molecule has 0 radical (unpaired) electrons. The zero-order chi connectivity index (χ0) is 12.4. The van der Waals surface area contributed by atoms with Crippen LogP contribution in [0, 0.1) is 29.6 Å². The van der Waals surface area contributed by atoms with Crippen molar-refractivity contribution in [2.75, 3.05) is 11.4 Å². The predicted molar refractivity (Wildman–Crippen MR) is 68.2 cm³/mol. The minimum Gasteiger partial charge on any atom is -0.310 e. The molecule has 1 aromatic carbocycles. The average Bonchev–Trinajstić information content (AvgIpc) is 2.70. The van der Waals surface area contributed by atoms with E-state index in [1.807, 2.05) is 6.07 Å². The van der Waals surface area contributed by atoms with E-state index >= 15 is 0 Å². The fourth-order valence-corrected chi connectivity index (χ4v) is 2.25. The van der Waals surface area contributed by atoms with Crippen molar-refractivity contribution in [3.63, 3.8) is 0 Å². The lowest BCUT2D eigenvalue weighted by Crippen LogP contribution is -2.25. The van der Waals surface area contributed by atoms with Crippen LogP contribution in [0.4, 0.5) is 5.69 Å². The van der Waals surface area contributed by atoms with Crippen LogP contribution in [0.25, 0.3) is 0 Å². The molecule has 4 heteroatoms. The van der Waals surface area contributed by atoms with Gasteiger partial charge < -0.3 is 4.90 Å². The van der Waals surface area contributed by atoms with Gasteiger partial charge in [0.15, 0.2) is 0 Å². The number of carbonyl (C=O) groups is 1. The highest BCUT2D eigenvalue weighted by Gasteiger charge is 2.30. The first-order valence-electron chi connectivity index (χ1n) is 5.12. The Morgan fingerprint density at radius 3 is 2.88 bits per heavy atom. The molecule has 0 N–H and O–H groups in total. The van der Waals surface area contributed by atoms with Crippen LogP contribution in [0.15, 0.2) is 22.7 Å². The van der Waals surface area contributed by atoms with Gasteiger partial charge in [0.2, 0.25) is 5.91 Å². The molecule has 2 rings (SSSR count). The Balaban J connectivity index is 2.39. The van der Waals surface area contributed by atoms with Crippen molar-refractivity contribution in [1.82, 2.24) is 0 Å². The van der Waals surface area contributed by atoms with Gasteiger partial charge in [-0.05, 0) is 18.2 Å². The van der Waals surface area contributed by atoms with Gasteiger partial charge in [0.05, 0.1) is 11.3 Å². The Morgan fingerprint density at radius 2 is 2.29 bits per heavy atom. The van der Waals surface area contributed by atoms with Crippen LogP contribution in [0.3, 0.4) is 0 Å². The number of halogens is 1. The number of anilines is 1. The number of terminal acetylenes is 1. The SMILES string of the molecule is C#CC1CC(=O)N(c2ccc(Br)cc2C#N)C1. The number of nitriles is 1. The van der Waals surface area contributed by atoms with Crippen LogP contribution >= 0.6 is 15.9 Å². The number of amides is 1. The van der Waals surface area contributed by atoms with Crippen molar-refractivity contribution < 1.29 is 4.79 Å². The van der Waals surface area contributed by atoms with Gasteiger partial charge in [-0.3, -0.25) is 4.79 Å². The zero-order valence-electron chi connectivity index (χ0n) is 8.98. The molecule has 0 aliphatic carbocycles. The minimum absolute atomic E-state index is 0.0215. The normalized spacial score (nSPS) is 18.9. The van der Waals surface area contributed by atoms with Crippen molar-refractivity contribution in [2.45, 2.75) is 6.42 Å². The Bertz CT molecular complexity index is 554. The number of rotatable bonds is 1. The highest BCUT2D eigenvalue weighted by molar-refractivity contribution is 9.10. The van der Waals surface area contributed by atoms with E-state index in [2.05, 4.69) is 27.9 Å². The second-order valence-electron chi connectivity index (χ2n) is 3.85. The van der Waals surface area contributed by atoms with E-state index < -0.39 is 0 Å². The predicted octanol–water partition coefficient (Wildman–Crippen LogP) is 2.31. The monoisotopic (exact) mass is 288 g/mol. The summed E-state index contributed by atoms with van der Waals surface area (Å²) in [6.45, 7) is 0.492. The smallest absolute Gasteiger partial charge is 0.228 e. The standard InChI is InChI=1S/C13H9BrN2O/c1-2-9-5-13(17)16(8-9)12-4-3-11(14)6-10(12)7-15/h1,3-4,6,9H,5,8H2. The summed E-state index contributed by atoms with van der Waals surface area (Å²) in [5.41, 5.74) is 1.11. The summed E-state index contributed by atoms with van der Waals surface area (Å²) < 4.78 is 0.818.